The number of hydrogen-bond acceptors (Lipinski definition) is 5. The van der Waals surface area contributed by atoms with E-state index in [1.54, 1.807) is 33.5 Å². The quantitative estimate of drug-likeness (QED) is 0.562. The summed E-state index contributed by atoms with van der Waals surface area (Å²) in [6.45, 7) is 1.96. The van der Waals surface area contributed by atoms with Gasteiger partial charge in [-0.15, -0.1) is 0 Å². The summed E-state index contributed by atoms with van der Waals surface area (Å²) in [6.07, 6.45) is 0. The Morgan fingerprint density at radius 2 is 1.47 bits per heavy atom. The van der Waals surface area contributed by atoms with Crippen LogP contribution in [-0.4, -0.2) is 27.2 Å². The zero-order valence-electron chi connectivity index (χ0n) is 17.6. The van der Waals surface area contributed by atoms with Gasteiger partial charge in [-0.1, -0.05) is 36.4 Å². The van der Waals surface area contributed by atoms with Crippen molar-refractivity contribution in [2.24, 2.45) is 0 Å². The van der Waals surface area contributed by atoms with Gasteiger partial charge in [-0.05, 0) is 42.3 Å². The molecule has 0 bridgehead atoms. The van der Waals surface area contributed by atoms with Crippen LogP contribution in [0.5, 0.6) is 17.2 Å². The molecule has 3 rings (SSSR count). The van der Waals surface area contributed by atoms with E-state index in [1.165, 1.54) is 0 Å². The summed E-state index contributed by atoms with van der Waals surface area (Å²) in [5.41, 5.74) is 3.21. The van der Waals surface area contributed by atoms with Gasteiger partial charge in [0.15, 0.2) is 11.5 Å². The highest BCUT2D eigenvalue weighted by Gasteiger charge is 2.22. The molecule has 6 heteroatoms. The third kappa shape index (κ3) is 4.84. The Hall–Kier alpha value is -3.67. The predicted octanol–water partition coefficient (Wildman–Crippen LogP) is 4.81. The van der Waals surface area contributed by atoms with E-state index in [9.17, 15) is 4.79 Å². The minimum Gasteiger partial charge on any atom is -0.495 e. The summed E-state index contributed by atoms with van der Waals surface area (Å²) in [6, 6.07) is 20.0. The molecule has 30 heavy (non-hydrogen) atoms. The first-order chi connectivity index (χ1) is 14.5. The van der Waals surface area contributed by atoms with Crippen LogP contribution in [0.15, 0.2) is 66.7 Å². The molecule has 6 nitrogen and oxygen atoms in total. The Kier molecular flexibility index (Phi) is 6.80. The van der Waals surface area contributed by atoms with Gasteiger partial charge in [0.25, 0.3) is 5.91 Å². The van der Waals surface area contributed by atoms with Crippen LogP contribution >= 0.6 is 0 Å². The molecule has 0 radical (unpaired) electrons. The number of benzene rings is 3. The zero-order valence-corrected chi connectivity index (χ0v) is 17.6. The number of hydrogen-bond donors (Lipinski definition) is 2. The topological polar surface area (TPSA) is 68.8 Å². The lowest BCUT2D eigenvalue weighted by Gasteiger charge is -2.21. The van der Waals surface area contributed by atoms with Crippen LogP contribution in [-0.2, 0) is 4.79 Å². The first kappa shape index (κ1) is 21.0. The summed E-state index contributed by atoms with van der Waals surface area (Å²) in [5.74, 6) is 1.59. The highest BCUT2D eigenvalue weighted by Crippen LogP contribution is 2.32. The molecule has 1 atom stereocenters. The highest BCUT2D eigenvalue weighted by atomic mass is 16.5. The van der Waals surface area contributed by atoms with E-state index in [1.807, 2.05) is 61.5 Å². The third-order valence-electron chi connectivity index (χ3n) is 4.70. The number of methoxy groups -OCH3 is 3. The lowest BCUT2D eigenvalue weighted by atomic mass is 10.1. The molecule has 0 fully saturated rings. The average molecular weight is 406 g/mol. The molecule has 3 aromatic carbocycles. The molecule has 1 unspecified atom stereocenters. The fourth-order valence-electron chi connectivity index (χ4n) is 3.16. The lowest BCUT2D eigenvalue weighted by molar-refractivity contribution is -0.117. The maximum absolute atomic E-state index is 13.3. The Bertz CT molecular complexity index is 1010. The molecule has 0 aliphatic heterocycles. The molecular formula is C24H26N2O4. The van der Waals surface area contributed by atoms with Gasteiger partial charge in [-0.25, -0.2) is 0 Å². The van der Waals surface area contributed by atoms with Crippen molar-refractivity contribution in [3.8, 4) is 17.2 Å². The number of rotatable bonds is 8. The molecule has 0 aliphatic rings. The van der Waals surface area contributed by atoms with Gasteiger partial charge in [-0.2, -0.15) is 0 Å². The van der Waals surface area contributed by atoms with E-state index < -0.39 is 6.04 Å². The van der Waals surface area contributed by atoms with Crippen molar-refractivity contribution in [3.63, 3.8) is 0 Å². The van der Waals surface area contributed by atoms with Crippen molar-refractivity contribution in [2.45, 2.75) is 13.0 Å². The molecule has 156 valence electrons. The first-order valence-electron chi connectivity index (χ1n) is 9.54. The molecule has 3 aromatic rings. The Balaban J connectivity index is 1.92. The lowest BCUT2D eigenvalue weighted by Crippen LogP contribution is -2.27. The number of ether oxygens (including phenoxy) is 3. The minimum atomic E-state index is -0.630. The molecular weight excluding hydrogens is 380 g/mol. The zero-order chi connectivity index (χ0) is 21.5. The van der Waals surface area contributed by atoms with Crippen molar-refractivity contribution in [1.29, 1.82) is 0 Å². The molecule has 1 amide bonds. The molecule has 0 heterocycles. The van der Waals surface area contributed by atoms with Crippen molar-refractivity contribution in [1.82, 2.24) is 0 Å². The fraction of sp³-hybridized carbons (Fsp3) is 0.208. The van der Waals surface area contributed by atoms with Gasteiger partial charge in [0.1, 0.15) is 11.8 Å². The SMILES string of the molecule is COc1ccc(C)cc1NC(=O)C(Nc1ccc(OC)c(OC)c1)c1ccccc1. The molecule has 0 saturated heterocycles. The van der Waals surface area contributed by atoms with Crippen molar-refractivity contribution < 1.29 is 19.0 Å². The van der Waals surface area contributed by atoms with E-state index >= 15 is 0 Å². The van der Waals surface area contributed by atoms with Gasteiger partial charge in [0.05, 0.1) is 27.0 Å². The van der Waals surface area contributed by atoms with Gasteiger partial charge >= 0.3 is 0 Å². The molecule has 0 spiro atoms. The smallest absolute Gasteiger partial charge is 0.251 e. The third-order valence-corrected chi connectivity index (χ3v) is 4.70. The molecule has 0 saturated carbocycles. The maximum Gasteiger partial charge on any atom is 0.251 e. The van der Waals surface area contributed by atoms with Crippen LogP contribution < -0.4 is 24.8 Å². The number of anilines is 2. The summed E-state index contributed by atoms with van der Waals surface area (Å²) < 4.78 is 16.1. The Morgan fingerprint density at radius 3 is 2.13 bits per heavy atom. The van der Waals surface area contributed by atoms with E-state index in [2.05, 4.69) is 10.6 Å². The van der Waals surface area contributed by atoms with Crippen molar-refractivity contribution >= 4 is 17.3 Å². The molecule has 0 aliphatic carbocycles. The van der Waals surface area contributed by atoms with Crippen LogP contribution in [0.25, 0.3) is 0 Å². The van der Waals surface area contributed by atoms with Crippen LogP contribution in [0.2, 0.25) is 0 Å². The highest BCUT2D eigenvalue weighted by molar-refractivity contribution is 5.98. The second-order valence-corrected chi connectivity index (χ2v) is 6.75. The standard InChI is InChI=1S/C24H26N2O4/c1-16-10-12-20(28-2)19(14-16)26-24(27)23(17-8-6-5-7-9-17)25-18-11-13-21(29-3)22(15-18)30-4/h5-15,23,25H,1-4H3,(H,26,27). The van der Waals surface area contributed by atoms with Crippen LogP contribution in [0.1, 0.15) is 17.2 Å². The summed E-state index contributed by atoms with van der Waals surface area (Å²) in [5, 5.41) is 6.29. The van der Waals surface area contributed by atoms with Crippen LogP contribution in [0, 0.1) is 6.92 Å². The Morgan fingerprint density at radius 1 is 0.800 bits per heavy atom. The van der Waals surface area contributed by atoms with Crippen molar-refractivity contribution in [2.75, 3.05) is 32.0 Å². The summed E-state index contributed by atoms with van der Waals surface area (Å²) in [4.78, 5) is 13.3. The second-order valence-electron chi connectivity index (χ2n) is 6.75. The number of nitrogens with one attached hydrogen (secondary N) is 2. The maximum atomic E-state index is 13.3. The average Bonchev–Trinajstić information content (AvgIpc) is 2.78. The van der Waals surface area contributed by atoms with E-state index in [4.69, 9.17) is 14.2 Å². The minimum absolute atomic E-state index is 0.208. The van der Waals surface area contributed by atoms with Crippen molar-refractivity contribution in [3.05, 3.63) is 77.9 Å². The predicted molar refractivity (Wildman–Crippen MR) is 119 cm³/mol. The Labute approximate surface area is 176 Å². The summed E-state index contributed by atoms with van der Waals surface area (Å²) >= 11 is 0. The number of carbonyl (C=O) groups excluding carboxylic acids is 1. The molecule has 2 N–H and O–H groups in total. The van der Waals surface area contributed by atoms with E-state index in [0.29, 0.717) is 22.9 Å². The van der Waals surface area contributed by atoms with Gasteiger partial charge in [0.2, 0.25) is 0 Å². The van der Waals surface area contributed by atoms with E-state index in [-0.39, 0.29) is 5.91 Å². The largest absolute Gasteiger partial charge is 0.495 e. The van der Waals surface area contributed by atoms with Gasteiger partial charge in [-0.3, -0.25) is 4.79 Å². The second kappa shape index (κ2) is 9.69. The fourth-order valence-corrected chi connectivity index (χ4v) is 3.16. The number of amides is 1. The summed E-state index contributed by atoms with van der Waals surface area (Å²) in [7, 11) is 4.74. The van der Waals surface area contributed by atoms with Gasteiger partial charge < -0.3 is 24.8 Å². The van der Waals surface area contributed by atoms with E-state index in [0.717, 1.165) is 16.8 Å². The monoisotopic (exact) mass is 406 g/mol. The first-order valence-corrected chi connectivity index (χ1v) is 9.54. The van der Waals surface area contributed by atoms with Crippen LogP contribution in [0.4, 0.5) is 11.4 Å². The number of carbonyl (C=O) groups is 1. The normalized spacial score (nSPS) is 11.3. The van der Waals surface area contributed by atoms with Crippen LogP contribution in [0.3, 0.4) is 0 Å². The number of aryl methyl sites for hydroxylation is 1. The van der Waals surface area contributed by atoms with Gasteiger partial charge in [0, 0.05) is 11.8 Å². The molecule has 0 aromatic heterocycles.